The van der Waals surface area contributed by atoms with Crippen molar-refractivity contribution in [3.05, 3.63) is 82.9 Å². The molecule has 5 saturated carbocycles. The number of carbonyl (C=O) groups is 4. The van der Waals surface area contributed by atoms with Crippen molar-refractivity contribution in [2.45, 2.75) is 112 Å². The number of allylic oxidation sites excluding steroid dienone is 1. The molecule has 2 N–H and O–H groups in total. The average Bonchev–Trinajstić information content (AvgIpc) is 3.52. The van der Waals surface area contributed by atoms with E-state index in [4.69, 9.17) is 9.47 Å². The highest BCUT2D eigenvalue weighted by Crippen LogP contribution is 2.77. The molecular formula is C46H58O8. The molecule has 0 unspecified atom stereocenters. The number of carboxylic acid groups (broad SMARTS) is 2. The normalized spacial score (nSPS) is 37.7. The Morgan fingerprint density at radius 3 is 1.87 bits per heavy atom. The minimum absolute atomic E-state index is 0.0336. The fourth-order valence-corrected chi connectivity index (χ4v) is 13.9. The van der Waals surface area contributed by atoms with Crippen LogP contribution in [0.15, 0.2) is 60.7 Å². The van der Waals surface area contributed by atoms with E-state index in [1.807, 2.05) is 0 Å². The molecule has 0 heterocycles. The van der Waals surface area contributed by atoms with Gasteiger partial charge in [0.25, 0.3) is 0 Å². The first kappa shape index (κ1) is 38.3. The Bertz CT molecular complexity index is 1880. The summed E-state index contributed by atoms with van der Waals surface area (Å²) in [5, 5.41) is 19.5. The molecule has 10 atom stereocenters. The lowest BCUT2D eigenvalue weighted by Crippen LogP contribution is -2.67. The third kappa shape index (κ3) is 5.67. The Balaban J connectivity index is 1.14. The molecule has 7 rings (SSSR count). The van der Waals surface area contributed by atoms with Gasteiger partial charge in [-0.2, -0.15) is 0 Å². The third-order valence-corrected chi connectivity index (χ3v) is 16.7. The first-order valence-electron chi connectivity index (χ1n) is 20.1. The van der Waals surface area contributed by atoms with Gasteiger partial charge in [-0.3, -0.25) is 0 Å². The van der Waals surface area contributed by atoms with Gasteiger partial charge < -0.3 is 19.7 Å². The van der Waals surface area contributed by atoms with E-state index in [-0.39, 0.29) is 55.4 Å². The Labute approximate surface area is 320 Å². The fraction of sp³-hybridized carbons (Fsp3) is 0.609. The van der Waals surface area contributed by atoms with E-state index in [2.05, 4.69) is 48.1 Å². The zero-order chi connectivity index (χ0) is 39.0. The summed E-state index contributed by atoms with van der Waals surface area (Å²) in [6.07, 6.45) is 9.77. The van der Waals surface area contributed by atoms with Gasteiger partial charge in [-0.25, -0.2) is 19.2 Å². The van der Waals surface area contributed by atoms with Crippen molar-refractivity contribution >= 4 is 23.9 Å². The predicted octanol–water partition coefficient (Wildman–Crippen LogP) is 10.1. The van der Waals surface area contributed by atoms with Gasteiger partial charge in [-0.15, -0.1) is 0 Å². The van der Waals surface area contributed by atoms with E-state index in [1.165, 1.54) is 17.7 Å². The summed E-state index contributed by atoms with van der Waals surface area (Å²) >= 11 is 0. The maximum absolute atomic E-state index is 13.5. The number of carbonyl (C=O) groups excluding carboxylic acids is 2. The van der Waals surface area contributed by atoms with Crippen LogP contribution in [0.5, 0.6) is 0 Å². The van der Waals surface area contributed by atoms with Gasteiger partial charge in [-0.1, -0.05) is 71.0 Å². The van der Waals surface area contributed by atoms with E-state index < -0.39 is 23.9 Å². The van der Waals surface area contributed by atoms with Crippen molar-refractivity contribution in [1.82, 2.24) is 0 Å². The Kier molecular flexibility index (Phi) is 9.49. The summed E-state index contributed by atoms with van der Waals surface area (Å²) in [6.45, 7) is 19.1. The van der Waals surface area contributed by atoms with Crippen molar-refractivity contribution in [2.75, 3.05) is 6.61 Å². The molecule has 0 saturated heterocycles. The summed E-state index contributed by atoms with van der Waals surface area (Å²) in [5.41, 5.74) is 1.09. The summed E-state index contributed by atoms with van der Waals surface area (Å²) in [5.74, 6) is -1.43. The molecular weight excluding hydrogens is 680 g/mol. The second-order valence-corrected chi connectivity index (χ2v) is 19.1. The van der Waals surface area contributed by atoms with Crippen LogP contribution in [0.1, 0.15) is 147 Å². The monoisotopic (exact) mass is 738 g/mol. The highest BCUT2D eigenvalue weighted by molar-refractivity contribution is 6.03. The molecule has 290 valence electrons. The number of ether oxygens (including phenoxy) is 2. The first-order chi connectivity index (χ1) is 25.4. The highest BCUT2D eigenvalue weighted by atomic mass is 16.5. The molecule has 2 aromatic rings. The van der Waals surface area contributed by atoms with Crippen molar-refractivity contribution < 1.29 is 38.9 Å². The van der Waals surface area contributed by atoms with Gasteiger partial charge in [0.05, 0.1) is 28.9 Å². The zero-order valence-corrected chi connectivity index (χ0v) is 32.9. The standard InChI is InChI=1S/C46H58O8/c1-27(2)28-18-23-46(26-53-40(51)31-14-10-8-12-29(31)38(47)48)25-24-44(6)33(37(28)46)16-17-35-43(5)21-20-36(42(3,4)34(43)19-22-45(35,44)7)54-41(52)32-15-11-9-13-30(32)39(49)50/h8-15,28,33-37H,1,16-26H2,2-7H3,(H,47,48)(H,49,50)/t28-,33+,34+,35+,36-,37-,43-,44+,45+,46+/m0/s1. The summed E-state index contributed by atoms with van der Waals surface area (Å²) in [7, 11) is 0. The molecule has 0 spiro atoms. The predicted molar refractivity (Wildman–Crippen MR) is 205 cm³/mol. The van der Waals surface area contributed by atoms with Crippen molar-refractivity contribution in [3.63, 3.8) is 0 Å². The van der Waals surface area contributed by atoms with Gasteiger partial charge >= 0.3 is 23.9 Å². The molecule has 0 aromatic heterocycles. The molecule has 5 aliphatic carbocycles. The Morgan fingerprint density at radius 1 is 0.685 bits per heavy atom. The molecule has 0 amide bonds. The van der Waals surface area contributed by atoms with Crippen LogP contribution in [-0.4, -0.2) is 46.8 Å². The van der Waals surface area contributed by atoms with Gasteiger partial charge in [0.1, 0.15) is 6.10 Å². The Morgan fingerprint density at radius 2 is 1.28 bits per heavy atom. The van der Waals surface area contributed by atoms with Crippen LogP contribution in [0.4, 0.5) is 0 Å². The van der Waals surface area contributed by atoms with Crippen LogP contribution in [0.25, 0.3) is 0 Å². The van der Waals surface area contributed by atoms with Gasteiger partial charge in [-0.05, 0) is 141 Å². The molecule has 8 nitrogen and oxygen atoms in total. The smallest absolute Gasteiger partial charge is 0.339 e. The summed E-state index contributed by atoms with van der Waals surface area (Å²) in [4.78, 5) is 50.7. The van der Waals surface area contributed by atoms with Crippen LogP contribution in [0, 0.1) is 56.7 Å². The average molecular weight is 739 g/mol. The summed E-state index contributed by atoms with van der Waals surface area (Å²) < 4.78 is 12.4. The lowest BCUT2D eigenvalue weighted by Gasteiger charge is -2.73. The Hall–Kier alpha value is -3.94. The highest BCUT2D eigenvalue weighted by Gasteiger charge is 2.71. The molecule has 0 bridgehead atoms. The van der Waals surface area contributed by atoms with Crippen LogP contribution in [0.3, 0.4) is 0 Å². The number of carboxylic acids is 2. The molecule has 0 radical (unpaired) electrons. The van der Waals surface area contributed by atoms with Crippen LogP contribution in [-0.2, 0) is 9.47 Å². The number of hydrogen-bond acceptors (Lipinski definition) is 6. The number of esters is 2. The zero-order valence-electron chi connectivity index (χ0n) is 32.9. The third-order valence-electron chi connectivity index (χ3n) is 16.7. The quantitative estimate of drug-likeness (QED) is 0.202. The minimum atomic E-state index is -1.14. The molecule has 54 heavy (non-hydrogen) atoms. The van der Waals surface area contributed by atoms with Gasteiger partial charge in [0.15, 0.2) is 0 Å². The molecule has 5 fully saturated rings. The number of hydrogen-bond donors (Lipinski definition) is 2. The molecule has 8 heteroatoms. The van der Waals surface area contributed by atoms with Crippen molar-refractivity contribution in [3.8, 4) is 0 Å². The second kappa shape index (κ2) is 13.4. The number of rotatable bonds is 8. The van der Waals surface area contributed by atoms with Crippen LogP contribution < -0.4 is 0 Å². The van der Waals surface area contributed by atoms with E-state index in [0.717, 1.165) is 64.2 Å². The van der Waals surface area contributed by atoms with Crippen LogP contribution in [0.2, 0.25) is 0 Å². The van der Waals surface area contributed by atoms with Gasteiger partial charge in [0, 0.05) is 10.8 Å². The molecule has 0 aliphatic heterocycles. The van der Waals surface area contributed by atoms with Gasteiger partial charge in [0.2, 0.25) is 0 Å². The van der Waals surface area contributed by atoms with Crippen molar-refractivity contribution in [2.24, 2.45) is 56.7 Å². The lowest BCUT2D eigenvalue weighted by atomic mass is 9.32. The van der Waals surface area contributed by atoms with E-state index in [0.29, 0.717) is 36.2 Å². The number of aromatic carboxylic acids is 2. The number of benzene rings is 2. The molecule has 2 aromatic carbocycles. The molecule has 5 aliphatic rings. The topological polar surface area (TPSA) is 127 Å². The van der Waals surface area contributed by atoms with E-state index >= 15 is 0 Å². The van der Waals surface area contributed by atoms with E-state index in [9.17, 15) is 29.4 Å². The SMILES string of the molecule is C=C(C)[C@@H]1CC[C@]2(COC(=O)c3ccccc3C(=O)O)CC[C@]3(C)[C@H](CC[C@@H]4[C@@]5(C)CC[C@H](OC(=O)c6ccccc6C(=O)O)C(C)(C)[C@H]5CC[C@]43C)[C@H]12. The van der Waals surface area contributed by atoms with Crippen LogP contribution >= 0.6 is 0 Å². The number of fused-ring (bicyclic) bond motifs is 7. The second-order valence-electron chi connectivity index (χ2n) is 19.1. The largest absolute Gasteiger partial charge is 0.478 e. The first-order valence-corrected chi connectivity index (χ1v) is 20.1. The van der Waals surface area contributed by atoms with E-state index in [1.54, 1.807) is 36.4 Å². The lowest BCUT2D eigenvalue weighted by molar-refractivity contribution is -0.249. The fourth-order valence-electron chi connectivity index (χ4n) is 13.9. The summed E-state index contributed by atoms with van der Waals surface area (Å²) in [6, 6.07) is 12.6. The maximum Gasteiger partial charge on any atom is 0.339 e. The minimum Gasteiger partial charge on any atom is -0.478 e. The van der Waals surface area contributed by atoms with Crippen molar-refractivity contribution in [1.29, 1.82) is 0 Å². The maximum atomic E-state index is 13.5.